The van der Waals surface area contributed by atoms with E-state index in [-0.39, 0.29) is 6.03 Å². The molecule has 0 aromatic heterocycles. The number of carbonyl (C=O) groups excluding carboxylic acids is 1. The van der Waals surface area contributed by atoms with Gasteiger partial charge >= 0.3 is 6.03 Å². The maximum absolute atomic E-state index is 11.9. The van der Waals surface area contributed by atoms with Crippen molar-refractivity contribution in [3.63, 3.8) is 0 Å². The summed E-state index contributed by atoms with van der Waals surface area (Å²) in [6.07, 6.45) is 3.64. The van der Waals surface area contributed by atoms with E-state index in [2.05, 4.69) is 20.8 Å². The number of rotatable bonds is 1. The van der Waals surface area contributed by atoms with Crippen LogP contribution >= 0.6 is 0 Å². The van der Waals surface area contributed by atoms with E-state index in [9.17, 15) is 4.79 Å². The Balaban J connectivity index is 2.50. The van der Waals surface area contributed by atoms with E-state index in [0.29, 0.717) is 11.3 Å². The zero-order chi connectivity index (χ0) is 12.3. The predicted octanol–water partition coefficient (Wildman–Crippen LogP) is 2.82. The summed E-state index contributed by atoms with van der Waals surface area (Å²) in [5.74, 6) is 0.678. The van der Waals surface area contributed by atoms with Crippen molar-refractivity contribution in [2.45, 2.75) is 40.0 Å². The number of amides is 2. The molecule has 0 bridgehead atoms. The lowest BCUT2D eigenvalue weighted by atomic mass is 9.81. The lowest BCUT2D eigenvalue weighted by Crippen LogP contribution is -2.45. The zero-order valence-electron chi connectivity index (χ0n) is 11.4. The molecule has 0 N–H and O–H groups in total. The molecular formula is C13H26N2O. The van der Waals surface area contributed by atoms with E-state index >= 15 is 0 Å². The van der Waals surface area contributed by atoms with Gasteiger partial charge in [-0.1, -0.05) is 20.8 Å². The summed E-state index contributed by atoms with van der Waals surface area (Å²) in [6.45, 7) is 8.70. The summed E-state index contributed by atoms with van der Waals surface area (Å²) in [7, 11) is 3.66. The molecule has 3 nitrogen and oxygen atoms in total. The molecule has 1 atom stereocenters. The summed E-state index contributed by atoms with van der Waals surface area (Å²) in [4.78, 5) is 15.5. The summed E-state index contributed by atoms with van der Waals surface area (Å²) < 4.78 is 0. The van der Waals surface area contributed by atoms with Crippen LogP contribution in [-0.4, -0.2) is 43.0 Å². The van der Waals surface area contributed by atoms with Gasteiger partial charge in [0.1, 0.15) is 0 Å². The van der Waals surface area contributed by atoms with Gasteiger partial charge in [-0.2, -0.15) is 0 Å². The molecule has 1 fully saturated rings. The van der Waals surface area contributed by atoms with Crippen molar-refractivity contribution in [2.75, 3.05) is 27.2 Å². The van der Waals surface area contributed by atoms with Crippen molar-refractivity contribution in [1.29, 1.82) is 0 Å². The van der Waals surface area contributed by atoms with Gasteiger partial charge in [0.15, 0.2) is 0 Å². The second kappa shape index (κ2) is 5.07. The van der Waals surface area contributed by atoms with Gasteiger partial charge < -0.3 is 9.80 Å². The van der Waals surface area contributed by atoms with Crippen molar-refractivity contribution in [3.8, 4) is 0 Å². The van der Waals surface area contributed by atoms with Crippen molar-refractivity contribution < 1.29 is 4.79 Å². The second-order valence-corrected chi connectivity index (χ2v) is 6.40. The number of hydrogen-bond acceptors (Lipinski definition) is 1. The van der Waals surface area contributed by atoms with Crippen LogP contribution in [0.1, 0.15) is 40.0 Å². The highest BCUT2D eigenvalue weighted by molar-refractivity contribution is 5.73. The first-order valence-electron chi connectivity index (χ1n) is 6.26. The van der Waals surface area contributed by atoms with Crippen LogP contribution in [0.15, 0.2) is 0 Å². The third-order valence-electron chi connectivity index (χ3n) is 3.07. The number of carbonyl (C=O) groups is 1. The fourth-order valence-corrected chi connectivity index (χ4v) is 2.55. The third kappa shape index (κ3) is 4.03. The van der Waals surface area contributed by atoms with Gasteiger partial charge in [-0.3, -0.25) is 0 Å². The quantitative estimate of drug-likeness (QED) is 0.674. The SMILES string of the molecule is CN(C)C(=O)N1CCCC(CC(C)(C)C)C1. The molecular weight excluding hydrogens is 200 g/mol. The minimum absolute atomic E-state index is 0.165. The largest absolute Gasteiger partial charge is 0.331 e. The van der Waals surface area contributed by atoms with Crippen LogP contribution in [0, 0.1) is 11.3 Å². The Morgan fingerprint density at radius 1 is 1.38 bits per heavy atom. The average Bonchev–Trinajstić information content (AvgIpc) is 2.14. The van der Waals surface area contributed by atoms with Crippen LogP contribution < -0.4 is 0 Å². The molecule has 0 aliphatic carbocycles. The summed E-state index contributed by atoms with van der Waals surface area (Å²) >= 11 is 0. The molecule has 1 aliphatic heterocycles. The van der Waals surface area contributed by atoms with Gasteiger partial charge in [0.25, 0.3) is 0 Å². The summed E-state index contributed by atoms with van der Waals surface area (Å²) in [5, 5.41) is 0. The zero-order valence-corrected chi connectivity index (χ0v) is 11.4. The highest BCUT2D eigenvalue weighted by Crippen LogP contribution is 2.30. The molecule has 1 aliphatic rings. The first-order valence-corrected chi connectivity index (χ1v) is 6.26. The van der Waals surface area contributed by atoms with Crippen LogP contribution in [-0.2, 0) is 0 Å². The highest BCUT2D eigenvalue weighted by atomic mass is 16.2. The topological polar surface area (TPSA) is 23.6 Å². The van der Waals surface area contributed by atoms with Crippen LogP contribution in [0.4, 0.5) is 4.79 Å². The first kappa shape index (κ1) is 13.3. The lowest BCUT2D eigenvalue weighted by Gasteiger charge is -2.36. The van der Waals surface area contributed by atoms with Gasteiger partial charge in [-0.05, 0) is 30.6 Å². The maximum atomic E-state index is 11.9. The van der Waals surface area contributed by atoms with E-state index in [1.807, 2.05) is 19.0 Å². The van der Waals surface area contributed by atoms with Crippen LogP contribution in [0.2, 0.25) is 0 Å². The van der Waals surface area contributed by atoms with E-state index in [1.165, 1.54) is 12.8 Å². The van der Waals surface area contributed by atoms with Crippen molar-refractivity contribution >= 4 is 6.03 Å². The maximum Gasteiger partial charge on any atom is 0.319 e. The van der Waals surface area contributed by atoms with E-state index in [1.54, 1.807) is 4.90 Å². The van der Waals surface area contributed by atoms with E-state index in [4.69, 9.17) is 0 Å². The van der Waals surface area contributed by atoms with Crippen LogP contribution in [0.25, 0.3) is 0 Å². The number of piperidine rings is 1. The molecule has 1 heterocycles. The van der Waals surface area contributed by atoms with Gasteiger partial charge in [0.05, 0.1) is 0 Å². The van der Waals surface area contributed by atoms with Gasteiger partial charge in [0, 0.05) is 27.2 Å². The Morgan fingerprint density at radius 2 is 2.00 bits per heavy atom. The number of nitrogens with zero attached hydrogens (tertiary/aromatic N) is 2. The minimum Gasteiger partial charge on any atom is -0.331 e. The standard InChI is InChI=1S/C13H26N2O/c1-13(2,3)9-11-7-6-8-15(10-11)12(16)14(4)5/h11H,6-10H2,1-5H3. The van der Waals surface area contributed by atoms with E-state index < -0.39 is 0 Å². The molecule has 2 amide bonds. The molecule has 0 radical (unpaired) electrons. The first-order chi connectivity index (χ1) is 7.29. The highest BCUT2D eigenvalue weighted by Gasteiger charge is 2.27. The van der Waals surface area contributed by atoms with E-state index in [0.717, 1.165) is 19.5 Å². The normalized spacial score (nSPS) is 22.1. The van der Waals surface area contributed by atoms with Crippen molar-refractivity contribution in [1.82, 2.24) is 9.80 Å². The number of likely N-dealkylation sites (tertiary alicyclic amines) is 1. The summed E-state index contributed by atoms with van der Waals surface area (Å²) in [6, 6.07) is 0.165. The predicted molar refractivity (Wildman–Crippen MR) is 67.5 cm³/mol. The number of hydrogen-bond donors (Lipinski definition) is 0. The fraction of sp³-hybridized carbons (Fsp3) is 0.923. The smallest absolute Gasteiger partial charge is 0.319 e. The Morgan fingerprint density at radius 3 is 2.50 bits per heavy atom. The minimum atomic E-state index is 0.165. The van der Waals surface area contributed by atoms with Crippen molar-refractivity contribution in [2.24, 2.45) is 11.3 Å². The lowest BCUT2D eigenvalue weighted by molar-refractivity contribution is 0.128. The second-order valence-electron chi connectivity index (χ2n) is 6.40. The fourth-order valence-electron chi connectivity index (χ4n) is 2.55. The molecule has 0 aromatic carbocycles. The Hall–Kier alpha value is -0.730. The molecule has 1 rings (SSSR count). The Kier molecular flexibility index (Phi) is 4.22. The molecule has 0 aromatic rings. The van der Waals surface area contributed by atoms with Crippen molar-refractivity contribution in [3.05, 3.63) is 0 Å². The summed E-state index contributed by atoms with van der Waals surface area (Å²) in [5.41, 5.74) is 0.370. The van der Waals surface area contributed by atoms with Crippen LogP contribution in [0.3, 0.4) is 0 Å². The third-order valence-corrected chi connectivity index (χ3v) is 3.07. The molecule has 94 valence electrons. The molecule has 1 unspecified atom stereocenters. The molecule has 16 heavy (non-hydrogen) atoms. The van der Waals surface area contributed by atoms with Gasteiger partial charge in [-0.15, -0.1) is 0 Å². The van der Waals surface area contributed by atoms with Gasteiger partial charge in [0.2, 0.25) is 0 Å². The Bertz CT molecular complexity index is 243. The Labute approximate surface area is 99.8 Å². The van der Waals surface area contributed by atoms with Gasteiger partial charge in [-0.25, -0.2) is 4.79 Å². The average molecular weight is 226 g/mol. The monoisotopic (exact) mass is 226 g/mol. The number of urea groups is 1. The molecule has 0 saturated carbocycles. The molecule has 3 heteroatoms. The van der Waals surface area contributed by atoms with Crippen LogP contribution in [0.5, 0.6) is 0 Å². The molecule has 0 spiro atoms. The molecule has 1 saturated heterocycles.